The van der Waals surface area contributed by atoms with Crippen molar-refractivity contribution >= 4 is 11.9 Å². The van der Waals surface area contributed by atoms with Gasteiger partial charge >= 0.3 is 6.03 Å². The molecule has 26 heavy (non-hydrogen) atoms. The number of urea groups is 1. The highest BCUT2D eigenvalue weighted by atomic mass is 16.2. The lowest BCUT2D eigenvalue weighted by Gasteiger charge is -2.27. The molecule has 0 aromatic heterocycles. The molecule has 3 rings (SSSR count). The van der Waals surface area contributed by atoms with Crippen LogP contribution in [0.15, 0.2) is 60.7 Å². The van der Waals surface area contributed by atoms with Gasteiger partial charge in [0.15, 0.2) is 0 Å². The van der Waals surface area contributed by atoms with Gasteiger partial charge in [0.2, 0.25) is 0 Å². The highest BCUT2D eigenvalue weighted by Gasteiger charge is 2.46. The maximum Gasteiger partial charge on any atom is 0.328 e. The van der Waals surface area contributed by atoms with Crippen LogP contribution >= 0.6 is 0 Å². The van der Waals surface area contributed by atoms with Crippen molar-refractivity contribution < 1.29 is 9.59 Å². The number of carbonyl (C=O) groups is 2. The average molecular weight is 350 g/mol. The SMILES string of the molecule is CC(C)(C)CC1C(=O)N(Cc2ccccc2)C(=O)N1Cc1ccccc1. The topological polar surface area (TPSA) is 40.6 Å². The molecule has 0 bridgehead atoms. The maximum atomic E-state index is 13.1. The summed E-state index contributed by atoms with van der Waals surface area (Å²) >= 11 is 0. The Kier molecular flexibility index (Phi) is 5.12. The van der Waals surface area contributed by atoms with Crippen molar-refractivity contribution in [3.05, 3.63) is 71.8 Å². The number of benzene rings is 2. The number of imide groups is 1. The van der Waals surface area contributed by atoms with E-state index in [1.54, 1.807) is 4.90 Å². The lowest BCUT2D eigenvalue weighted by molar-refractivity contribution is -0.129. The van der Waals surface area contributed by atoms with Crippen LogP contribution in [0, 0.1) is 5.41 Å². The van der Waals surface area contributed by atoms with Gasteiger partial charge in [0.25, 0.3) is 5.91 Å². The van der Waals surface area contributed by atoms with E-state index in [9.17, 15) is 9.59 Å². The van der Waals surface area contributed by atoms with Crippen LogP contribution in [0.2, 0.25) is 0 Å². The number of hydrogen-bond donors (Lipinski definition) is 0. The normalized spacial score (nSPS) is 17.9. The molecule has 1 saturated heterocycles. The molecular weight excluding hydrogens is 324 g/mol. The summed E-state index contributed by atoms with van der Waals surface area (Å²) in [6.45, 7) is 7.09. The Morgan fingerprint density at radius 1 is 0.808 bits per heavy atom. The summed E-state index contributed by atoms with van der Waals surface area (Å²) in [5.74, 6) is -0.0929. The smallest absolute Gasteiger partial charge is 0.308 e. The molecule has 4 heteroatoms. The highest BCUT2D eigenvalue weighted by Crippen LogP contribution is 2.31. The molecule has 136 valence electrons. The van der Waals surface area contributed by atoms with Crippen LogP contribution in [-0.2, 0) is 17.9 Å². The molecule has 1 heterocycles. The summed E-state index contributed by atoms with van der Waals surface area (Å²) in [6.07, 6.45) is 0.649. The van der Waals surface area contributed by atoms with Crippen LogP contribution in [0.3, 0.4) is 0 Å². The van der Waals surface area contributed by atoms with Gasteiger partial charge in [-0.25, -0.2) is 4.79 Å². The molecule has 1 fully saturated rings. The monoisotopic (exact) mass is 350 g/mol. The van der Waals surface area contributed by atoms with Crippen molar-refractivity contribution in [2.24, 2.45) is 5.41 Å². The average Bonchev–Trinajstić information content (AvgIpc) is 2.81. The van der Waals surface area contributed by atoms with Crippen molar-refractivity contribution in [2.45, 2.75) is 46.3 Å². The van der Waals surface area contributed by atoms with Gasteiger partial charge in [-0.05, 0) is 23.0 Å². The minimum atomic E-state index is -0.411. The first-order valence-corrected chi connectivity index (χ1v) is 9.05. The third-order valence-corrected chi connectivity index (χ3v) is 4.59. The van der Waals surface area contributed by atoms with Gasteiger partial charge in [-0.15, -0.1) is 0 Å². The van der Waals surface area contributed by atoms with Gasteiger partial charge < -0.3 is 4.90 Å². The predicted octanol–water partition coefficient (Wildman–Crippen LogP) is 4.46. The van der Waals surface area contributed by atoms with Crippen LogP contribution in [-0.4, -0.2) is 27.8 Å². The van der Waals surface area contributed by atoms with E-state index in [1.807, 2.05) is 60.7 Å². The molecule has 0 saturated carbocycles. The van der Waals surface area contributed by atoms with Gasteiger partial charge in [0, 0.05) is 6.54 Å². The fourth-order valence-corrected chi connectivity index (χ4v) is 3.34. The molecule has 0 aliphatic carbocycles. The van der Waals surface area contributed by atoms with Gasteiger partial charge in [-0.1, -0.05) is 81.4 Å². The second kappa shape index (κ2) is 7.32. The Morgan fingerprint density at radius 3 is 1.81 bits per heavy atom. The Balaban J connectivity index is 1.86. The summed E-state index contributed by atoms with van der Waals surface area (Å²) in [5, 5.41) is 0. The van der Waals surface area contributed by atoms with Crippen molar-refractivity contribution in [2.75, 3.05) is 0 Å². The van der Waals surface area contributed by atoms with E-state index in [0.29, 0.717) is 19.5 Å². The second-order valence-corrected chi connectivity index (χ2v) is 8.09. The van der Waals surface area contributed by atoms with Crippen LogP contribution in [0.4, 0.5) is 4.79 Å². The maximum absolute atomic E-state index is 13.1. The molecule has 1 atom stereocenters. The number of amides is 3. The lowest BCUT2D eigenvalue weighted by Crippen LogP contribution is -2.37. The zero-order valence-electron chi connectivity index (χ0n) is 15.7. The Morgan fingerprint density at radius 2 is 1.31 bits per heavy atom. The van der Waals surface area contributed by atoms with E-state index in [0.717, 1.165) is 11.1 Å². The Hall–Kier alpha value is -2.62. The highest BCUT2D eigenvalue weighted by molar-refractivity contribution is 6.04. The molecule has 0 spiro atoms. The lowest BCUT2D eigenvalue weighted by atomic mass is 9.87. The van der Waals surface area contributed by atoms with E-state index < -0.39 is 6.04 Å². The summed E-state index contributed by atoms with van der Waals surface area (Å²) < 4.78 is 0. The molecular formula is C22H26N2O2. The quantitative estimate of drug-likeness (QED) is 0.747. The standard InChI is InChI=1S/C22H26N2O2/c1-22(2,3)14-19-20(25)24(16-18-12-8-5-9-13-18)21(26)23(19)15-17-10-6-4-7-11-17/h4-13,19H,14-16H2,1-3H3. The molecule has 1 unspecified atom stereocenters. The third-order valence-electron chi connectivity index (χ3n) is 4.59. The predicted molar refractivity (Wildman–Crippen MR) is 102 cm³/mol. The second-order valence-electron chi connectivity index (χ2n) is 8.09. The minimum absolute atomic E-state index is 0.0434. The van der Waals surface area contributed by atoms with Crippen LogP contribution < -0.4 is 0 Å². The summed E-state index contributed by atoms with van der Waals surface area (Å²) in [7, 11) is 0. The largest absolute Gasteiger partial charge is 0.328 e. The van der Waals surface area contributed by atoms with Crippen molar-refractivity contribution in [3.8, 4) is 0 Å². The van der Waals surface area contributed by atoms with Crippen LogP contribution in [0.1, 0.15) is 38.3 Å². The van der Waals surface area contributed by atoms with E-state index in [1.165, 1.54) is 4.90 Å². The molecule has 0 radical (unpaired) electrons. The van der Waals surface area contributed by atoms with E-state index in [2.05, 4.69) is 20.8 Å². The third kappa shape index (κ3) is 4.13. The molecule has 3 amide bonds. The van der Waals surface area contributed by atoms with E-state index >= 15 is 0 Å². The number of rotatable bonds is 5. The first-order valence-electron chi connectivity index (χ1n) is 9.05. The fraction of sp³-hybridized carbons (Fsp3) is 0.364. The van der Waals surface area contributed by atoms with E-state index in [-0.39, 0.29) is 17.4 Å². The van der Waals surface area contributed by atoms with Gasteiger partial charge in [0.1, 0.15) is 6.04 Å². The van der Waals surface area contributed by atoms with Gasteiger partial charge in [-0.2, -0.15) is 0 Å². The first kappa shape index (κ1) is 18.2. The zero-order valence-corrected chi connectivity index (χ0v) is 15.7. The van der Waals surface area contributed by atoms with Crippen molar-refractivity contribution in [3.63, 3.8) is 0 Å². The van der Waals surface area contributed by atoms with Crippen molar-refractivity contribution in [1.29, 1.82) is 0 Å². The van der Waals surface area contributed by atoms with Crippen LogP contribution in [0.5, 0.6) is 0 Å². The number of carbonyl (C=O) groups excluding carboxylic acids is 2. The first-order chi connectivity index (χ1) is 12.3. The molecule has 1 aliphatic rings. The summed E-state index contributed by atoms with van der Waals surface area (Å²) in [6, 6.07) is 18.9. The number of nitrogens with zero attached hydrogens (tertiary/aromatic N) is 2. The van der Waals surface area contributed by atoms with Crippen LogP contribution in [0.25, 0.3) is 0 Å². The van der Waals surface area contributed by atoms with Gasteiger partial charge in [-0.3, -0.25) is 9.69 Å². The van der Waals surface area contributed by atoms with E-state index in [4.69, 9.17) is 0 Å². The molecule has 0 N–H and O–H groups in total. The number of hydrogen-bond acceptors (Lipinski definition) is 2. The minimum Gasteiger partial charge on any atom is -0.308 e. The fourth-order valence-electron chi connectivity index (χ4n) is 3.34. The zero-order chi connectivity index (χ0) is 18.7. The van der Waals surface area contributed by atoms with Crippen molar-refractivity contribution in [1.82, 2.24) is 9.80 Å². The summed E-state index contributed by atoms with van der Waals surface area (Å²) in [5.41, 5.74) is 1.96. The summed E-state index contributed by atoms with van der Waals surface area (Å²) in [4.78, 5) is 29.2. The molecule has 2 aromatic carbocycles. The molecule has 1 aliphatic heterocycles. The van der Waals surface area contributed by atoms with Gasteiger partial charge in [0.05, 0.1) is 6.54 Å². The Labute approximate surface area is 155 Å². The molecule has 4 nitrogen and oxygen atoms in total. The Bertz CT molecular complexity index is 766. The molecule has 2 aromatic rings.